The summed E-state index contributed by atoms with van der Waals surface area (Å²) in [6.45, 7) is 9.00. The van der Waals surface area contributed by atoms with Crippen molar-refractivity contribution in [2.24, 2.45) is 0 Å². The number of amides is 2. The van der Waals surface area contributed by atoms with Gasteiger partial charge in [0.05, 0.1) is 6.54 Å². The molecule has 1 saturated heterocycles. The first-order valence-electron chi connectivity index (χ1n) is 10.2. The number of benzene rings is 1. The van der Waals surface area contributed by atoms with Crippen LogP contribution in [0.25, 0.3) is 0 Å². The number of hydrogen-bond acceptors (Lipinski definition) is 5. The number of nitrogens with zero attached hydrogens (tertiary/aromatic N) is 4. The van der Waals surface area contributed by atoms with Crippen LogP contribution in [-0.4, -0.2) is 72.4 Å². The summed E-state index contributed by atoms with van der Waals surface area (Å²) in [5.74, 6) is 0.953. The molecule has 0 bridgehead atoms. The van der Waals surface area contributed by atoms with Gasteiger partial charge < -0.3 is 15.1 Å². The summed E-state index contributed by atoms with van der Waals surface area (Å²) in [5.41, 5.74) is 1.34. The number of carbonyl (C=O) groups is 2. The van der Waals surface area contributed by atoms with Crippen molar-refractivity contribution in [1.29, 1.82) is 0 Å². The van der Waals surface area contributed by atoms with Gasteiger partial charge in [-0.05, 0) is 50.2 Å². The normalized spacial score (nSPS) is 14.5. The van der Waals surface area contributed by atoms with Gasteiger partial charge in [-0.3, -0.25) is 14.5 Å². The average molecular weight is 396 g/mol. The van der Waals surface area contributed by atoms with Crippen LogP contribution in [0.2, 0.25) is 0 Å². The lowest BCUT2D eigenvalue weighted by Gasteiger charge is -2.34. The van der Waals surface area contributed by atoms with Crippen LogP contribution in [0.5, 0.6) is 0 Å². The number of anilines is 2. The molecule has 7 nitrogen and oxygen atoms in total. The van der Waals surface area contributed by atoms with Crippen molar-refractivity contribution in [3.63, 3.8) is 0 Å². The van der Waals surface area contributed by atoms with E-state index < -0.39 is 0 Å². The van der Waals surface area contributed by atoms with Crippen molar-refractivity contribution in [1.82, 2.24) is 14.8 Å². The fourth-order valence-electron chi connectivity index (χ4n) is 3.47. The van der Waals surface area contributed by atoms with E-state index in [2.05, 4.69) is 20.1 Å². The maximum Gasteiger partial charge on any atom is 0.253 e. The number of piperazine rings is 1. The molecule has 0 spiro atoms. The van der Waals surface area contributed by atoms with E-state index in [1.165, 1.54) is 0 Å². The third-order valence-corrected chi connectivity index (χ3v) is 5.18. The third-order valence-electron chi connectivity index (χ3n) is 5.18. The van der Waals surface area contributed by atoms with Crippen LogP contribution < -0.4 is 10.2 Å². The summed E-state index contributed by atoms with van der Waals surface area (Å²) in [4.78, 5) is 35.3. The second-order valence-electron chi connectivity index (χ2n) is 7.05. The molecule has 1 aliphatic rings. The van der Waals surface area contributed by atoms with Gasteiger partial charge in [0.15, 0.2) is 0 Å². The van der Waals surface area contributed by atoms with E-state index in [0.29, 0.717) is 30.9 Å². The molecule has 154 valence electrons. The van der Waals surface area contributed by atoms with E-state index in [1.54, 1.807) is 35.4 Å². The molecule has 0 unspecified atom stereocenters. The fraction of sp³-hybridized carbons (Fsp3) is 0.409. The zero-order valence-electron chi connectivity index (χ0n) is 17.2. The van der Waals surface area contributed by atoms with Gasteiger partial charge in [0.1, 0.15) is 5.82 Å². The van der Waals surface area contributed by atoms with Gasteiger partial charge in [0.25, 0.3) is 5.91 Å². The zero-order chi connectivity index (χ0) is 20.6. The van der Waals surface area contributed by atoms with E-state index in [9.17, 15) is 9.59 Å². The summed E-state index contributed by atoms with van der Waals surface area (Å²) < 4.78 is 0. The number of pyridine rings is 1. The Balaban J connectivity index is 1.47. The number of nitrogens with one attached hydrogen (secondary N) is 1. The summed E-state index contributed by atoms with van der Waals surface area (Å²) in [5, 5.41) is 2.92. The predicted octanol–water partition coefficient (Wildman–Crippen LogP) is 2.32. The quantitative estimate of drug-likeness (QED) is 0.779. The van der Waals surface area contributed by atoms with Gasteiger partial charge >= 0.3 is 0 Å². The first kappa shape index (κ1) is 20.8. The molecule has 2 heterocycles. The maximum absolute atomic E-state index is 12.4. The molecule has 3 rings (SSSR count). The lowest BCUT2D eigenvalue weighted by atomic mass is 10.1. The Morgan fingerprint density at radius 2 is 1.69 bits per heavy atom. The molecule has 0 atom stereocenters. The first-order valence-corrected chi connectivity index (χ1v) is 10.2. The molecule has 0 aliphatic carbocycles. The molecule has 29 heavy (non-hydrogen) atoms. The minimum atomic E-state index is -0.0425. The second-order valence-corrected chi connectivity index (χ2v) is 7.05. The van der Waals surface area contributed by atoms with Gasteiger partial charge in [-0.1, -0.05) is 6.07 Å². The van der Waals surface area contributed by atoms with E-state index in [0.717, 1.165) is 32.0 Å². The molecule has 2 amide bonds. The van der Waals surface area contributed by atoms with Crippen LogP contribution >= 0.6 is 0 Å². The van der Waals surface area contributed by atoms with E-state index in [4.69, 9.17) is 0 Å². The van der Waals surface area contributed by atoms with Crippen LogP contribution in [0.4, 0.5) is 11.5 Å². The Morgan fingerprint density at radius 3 is 2.28 bits per heavy atom. The fourth-order valence-corrected chi connectivity index (χ4v) is 3.47. The summed E-state index contributed by atoms with van der Waals surface area (Å²) in [7, 11) is 0. The Bertz CT molecular complexity index is 798. The number of carbonyl (C=O) groups excluding carboxylic acids is 2. The summed E-state index contributed by atoms with van der Waals surface area (Å²) in [6.07, 6.45) is 1.80. The summed E-state index contributed by atoms with van der Waals surface area (Å²) >= 11 is 0. The lowest BCUT2D eigenvalue weighted by Crippen LogP contribution is -2.48. The second kappa shape index (κ2) is 10.0. The van der Waals surface area contributed by atoms with E-state index >= 15 is 0 Å². The van der Waals surface area contributed by atoms with Gasteiger partial charge in [-0.25, -0.2) is 4.98 Å². The highest BCUT2D eigenvalue weighted by molar-refractivity contribution is 5.96. The van der Waals surface area contributed by atoms with Gasteiger partial charge in [0, 0.05) is 56.7 Å². The maximum atomic E-state index is 12.4. The minimum Gasteiger partial charge on any atom is -0.354 e. The van der Waals surface area contributed by atoms with Crippen molar-refractivity contribution in [2.75, 3.05) is 56.0 Å². The van der Waals surface area contributed by atoms with Crippen molar-refractivity contribution < 1.29 is 9.59 Å². The highest BCUT2D eigenvalue weighted by atomic mass is 16.2. The molecule has 0 radical (unpaired) electrons. The topological polar surface area (TPSA) is 68.8 Å². The van der Waals surface area contributed by atoms with Crippen LogP contribution in [0, 0.1) is 0 Å². The molecule has 1 aromatic heterocycles. The highest BCUT2D eigenvalue weighted by Crippen LogP contribution is 2.14. The van der Waals surface area contributed by atoms with Crippen molar-refractivity contribution in [3.05, 3.63) is 54.2 Å². The Labute approximate surface area is 172 Å². The van der Waals surface area contributed by atoms with Gasteiger partial charge in [0.2, 0.25) is 5.91 Å². The number of rotatable bonds is 7. The van der Waals surface area contributed by atoms with Crippen LogP contribution in [-0.2, 0) is 4.79 Å². The van der Waals surface area contributed by atoms with E-state index in [1.807, 2.05) is 32.0 Å². The molecular formula is C22H29N5O2. The minimum absolute atomic E-state index is 0.0126. The van der Waals surface area contributed by atoms with E-state index in [-0.39, 0.29) is 11.8 Å². The molecule has 0 saturated carbocycles. The zero-order valence-corrected chi connectivity index (χ0v) is 17.2. The molecule has 1 N–H and O–H groups in total. The van der Waals surface area contributed by atoms with Crippen LogP contribution in [0.15, 0.2) is 48.7 Å². The Kier molecular flexibility index (Phi) is 7.19. The highest BCUT2D eigenvalue weighted by Gasteiger charge is 2.20. The Hall–Kier alpha value is -2.93. The standard InChI is InChI=1S/C22H29N5O2/c1-3-26(4-2)22(29)18-8-10-19(11-9-18)24-21(28)17-25-13-15-27(16-14-25)20-7-5-6-12-23-20/h5-12H,3-4,13-17H2,1-2H3,(H,24,28). The predicted molar refractivity (Wildman–Crippen MR) is 115 cm³/mol. The summed E-state index contributed by atoms with van der Waals surface area (Å²) in [6, 6.07) is 13.0. The van der Waals surface area contributed by atoms with Crippen molar-refractivity contribution in [3.8, 4) is 0 Å². The van der Waals surface area contributed by atoms with Gasteiger partial charge in [-0.15, -0.1) is 0 Å². The van der Waals surface area contributed by atoms with Crippen LogP contribution in [0.1, 0.15) is 24.2 Å². The number of aromatic nitrogens is 1. The average Bonchev–Trinajstić information content (AvgIpc) is 2.76. The number of hydrogen-bond donors (Lipinski definition) is 1. The Morgan fingerprint density at radius 1 is 1.00 bits per heavy atom. The van der Waals surface area contributed by atoms with Crippen molar-refractivity contribution in [2.45, 2.75) is 13.8 Å². The monoisotopic (exact) mass is 395 g/mol. The van der Waals surface area contributed by atoms with Crippen molar-refractivity contribution >= 4 is 23.3 Å². The SMILES string of the molecule is CCN(CC)C(=O)c1ccc(NC(=O)CN2CCN(c3ccccn3)CC2)cc1. The third kappa shape index (κ3) is 5.54. The lowest BCUT2D eigenvalue weighted by molar-refractivity contribution is -0.117. The smallest absolute Gasteiger partial charge is 0.253 e. The van der Waals surface area contributed by atoms with Crippen LogP contribution in [0.3, 0.4) is 0 Å². The molecule has 1 fully saturated rings. The van der Waals surface area contributed by atoms with Gasteiger partial charge in [-0.2, -0.15) is 0 Å². The molecular weight excluding hydrogens is 366 g/mol. The molecule has 7 heteroatoms. The largest absolute Gasteiger partial charge is 0.354 e. The molecule has 1 aromatic carbocycles. The molecule has 2 aromatic rings. The first-order chi connectivity index (χ1) is 14.1. The molecule has 1 aliphatic heterocycles.